The molecule has 1 heterocycles. The summed E-state index contributed by atoms with van der Waals surface area (Å²) in [5.41, 5.74) is 2.30. The Hall–Kier alpha value is -3.40. The summed E-state index contributed by atoms with van der Waals surface area (Å²) in [6.07, 6.45) is -4.40. The van der Waals surface area contributed by atoms with Gasteiger partial charge >= 0.3 is 6.18 Å². The first-order valence-electron chi connectivity index (χ1n) is 8.89. The summed E-state index contributed by atoms with van der Waals surface area (Å²) in [4.78, 5) is 4.67. The molecule has 0 aliphatic carbocycles. The Labute approximate surface area is 159 Å². The highest BCUT2D eigenvalue weighted by atomic mass is 19.4. The highest BCUT2D eigenvalue weighted by Gasteiger charge is 2.31. The topological polar surface area (TPSA) is 12.9 Å². The van der Waals surface area contributed by atoms with E-state index in [0.29, 0.717) is 10.9 Å². The van der Waals surface area contributed by atoms with Gasteiger partial charge in [-0.25, -0.2) is 4.98 Å². The van der Waals surface area contributed by atoms with Crippen LogP contribution in [0.3, 0.4) is 0 Å². The van der Waals surface area contributed by atoms with E-state index in [1.165, 1.54) is 12.1 Å². The Morgan fingerprint density at radius 1 is 0.607 bits per heavy atom. The van der Waals surface area contributed by atoms with Gasteiger partial charge < -0.3 is 0 Å². The largest absolute Gasteiger partial charge is 0.416 e. The van der Waals surface area contributed by atoms with Crippen molar-refractivity contribution in [3.63, 3.8) is 0 Å². The number of alkyl halides is 3. The molecule has 1 aromatic heterocycles. The molecule has 0 spiro atoms. The average Bonchev–Trinajstić information content (AvgIpc) is 2.70. The second-order valence-electron chi connectivity index (χ2n) is 6.80. The number of aromatic nitrogens is 1. The number of benzene rings is 4. The zero-order valence-corrected chi connectivity index (χ0v) is 14.7. The number of nitrogens with zero attached hydrogens (tertiary/aromatic N) is 1. The maximum Gasteiger partial charge on any atom is 0.416 e. The monoisotopic (exact) mass is 373 g/mol. The van der Waals surface area contributed by atoms with Crippen LogP contribution in [0, 0.1) is 0 Å². The summed E-state index contributed by atoms with van der Waals surface area (Å²) in [6.45, 7) is 0. The minimum atomic E-state index is -4.40. The van der Waals surface area contributed by atoms with Crippen molar-refractivity contribution in [1.82, 2.24) is 4.98 Å². The average molecular weight is 373 g/mol. The van der Waals surface area contributed by atoms with E-state index in [-0.39, 0.29) is 0 Å². The van der Waals surface area contributed by atoms with Crippen molar-refractivity contribution in [3.8, 4) is 11.1 Å². The van der Waals surface area contributed by atoms with Gasteiger partial charge in [0.25, 0.3) is 0 Å². The van der Waals surface area contributed by atoms with Gasteiger partial charge in [-0.1, -0.05) is 54.6 Å². The Morgan fingerprint density at radius 2 is 1.25 bits per heavy atom. The van der Waals surface area contributed by atoms with Crippen molar-refractivity contribution in [3.05, 3.63) is 90.5 Å². The summed E-state index contributed by atoms with van der Waals surface area (Å²) >= 11 is 0. The second kappa shape index (κ2) is 6.06. The number of hydrogen-bond acceptors (Lipinski definition) is 1. The van der Waals surface area contributed by atoms with Crippen LogP contribution in [0.2, 0.25) is 0 Å². The van der Waals surface area contributed by atoms with Crippen LogP contribution in [-0.4, -0.2) is 4.98 Å². The molecule has 0 fully saturated rings. The minimum absolute atomic E-state index is 0.504. The Kier molecular flexibility index (Phi) is 3.63. The molecule has 0 unspecified atom stereocenters. The molecule has 0 amide bonds. The fourth-order valence-corrected chi connectivity index (χ4v) is 3.72. The van der Waals surface area contributed by atoms with Gasteiger partial charge in [0.05, 0.1) is 16.6 Å². The Balaban J connectivity index is 1.97. The van der Waals surface area contributed by atoms with Gasteiger partial charge in [0, 0.05) is 16.3 Å². The number of rotatable bonds is 1. The van der Waals surface area contributed by atoms with Gasteiger partial charge in [-0.15, -0.1) is 0 Å². The predicted molar refractivity (Wildman–Crippen MR) is 107 cm³/mol. The lowest BCUT2D eigenvalue weighted by molar-refractivity contribution is -0.137. The normalized spacial score (nSPS) is 12.1. The van der Waals surface area contributed by atoms with Crippen LogP contribution in [0.1, 0.15) is 5.56 Å². The number of fused-ring (bicyclic) bond motifs is 3. The van der Waals surface area contributed by atoms with Gasteiger partial charge in [0.15, 0.2) is 0 Å². The van der Waals surface area contributed by atoms with Crippen LogP contribution in [0.5, 0.6) is 0 Å². The maximum absolute atomic E-state index is 13.4. The van der Waals surface area contributed by atoms with Gasteiger partial charge in [-0.3, -0.25) is 0 Å². The highest BCUT2D eigenvalue weighted by molar-refractivity contribution is 6.12. The van der Waals surface area contributed by atoms with Crippen LogP contribution < -0.4 is 0 Å². The van der Waals surface area contributed by atoms with Crippen molar-refractivity contribution in [2.45, 2.75) is 6.18 Å². The van der Waals surface area contributed by atoms with Gasteiger partial charge in [0.2, 0.25) is 0 Å². The molecule has 0 aliphatic heterocycles. The van der Waals surface area contributed by atoms with Crippen molar-refractivity contribution < 1.29 is 13.2 Å². The molecule has 28 heavy (non-hydrogen) atoms. The molecule has 0 saturated carbocycles. The Bertz CT molecular complexity index is 1340. The fourth-order valence-electron chi connectivity index (χ4n) is 3.72. The van der Waals surface area contributed by atoms with E-state index < -0.39 is 11.7 Å². The third-order valence-electron chi connectivity index (χ3n) is 5.03. The molecule has 1 nitrogen and oxygen atoms in total. The van der Waals surface area contributed by atoms with E-state index in [0.717, 1.165) is 38.9 Å². The molecule has 136 valence electrons. The SMILES string of the molecule is FC(F)(F)c1ccc2nc3cc4ccccc4cc3c(-c3ccccc3)c2c1. The lowest BCUT2D eigenvalue weighted by Gasteiger charge is -2.14. The molecule has 4 heteroatoms. The molecular formula is C24H14F3N. The van der Waals surface area contributed by atoms with Gasteiger partial charge in [-0.2, -0.15) is 13.2 Å². The molecule has 0 saturated heterocycles. The van der Waals surface area contributed by atoms with E-state index >= 15 is 0 Å². The van der Waals surface area contributed by atoms with E-state index in [1.54, 1.807) is 0 Å². The van der Waals surface area contributed by atoms with Crippen molar-refractivity contribution in [1.29, 1.82) is 0 Å². The van der Waals surface area contributed by atoms with Crippen LogP contribution in [0.25, 0.3) is 43.7 Å². The summed E-state index contributed by atoms with van der Waals surface area (Å²) in [5, 5.41) is 3.42. The Morgan fingerprint density at radius 3 is 1.96 bits per heavy atom. The van der Waals surface area contributed by atoms with Crippen molar-refractivity contribution in [2.24, 2.45) is 0 Å². The summed E-state index contributed by atoms with van der Waals surface area (Å²) in [6, 6.07) is 25.2. The van der Waals surface area contributed by atoms with E-state index in [4.69, 9.17) is 0 Å². The fraction of sp³-hybridized carbons (Fsp3) is 0.0417. The van der Waals surface area contributed by atoms with E-state index in [9.17, 15) is 13.2 Å². The smallest absolute Gasteiger partial charge is 0.248 e. The van der Waals surface area contributed by atoms with Crippen molar-refractivity contribution in [2.75, 3.05) is 0 Å². The maximum atomic E-state index is 13.4. The third kappa shape index (κ3) is 2.69. The molecule has 0 bridgehead atoms. The standard InChI is InChI=1S/C24H14F3N/c25-24(26,27)18-10-11-21-20(14-18)23(15-6-2-1-3-7-15)19-12-16-8-4-5-9-17(16)13-22(19)28-21/h1-14H. The van der Waals surface area contributed by atoms with Crippen LogP contribution in [0.15, 0.2) is 84.9 Å². The molecular weight excluding hydrogens is 359 g/mol. The van der Waals surface area contributed by atoms with Gasteiger partial charge in [0.1, 0.15) is 0 Å². The van der Waals surface area contributed by atoms with Crippen LogP contribution in [0.4, 0.5) is 13.2 Å². The zero-order valence-electron chi connectivity index (χ0n) is 14.7. The van der Waals surface area contributed by atoms with Crippen LogP contribution >= 0.6 is 0 Å². The lowest BCUT2D eigenvalue weighted by atomic mass is 9.93. The first-order chi connectivity index (χ1) is 13.5. The van der Waals surface area contributed by atoms with E-state index in [2.05, 4.69) is 4.98 Å². The molecule has 0 atom stereocenters. The first kappa shape index (κ1) is 16.8. The third-order valence-corrected chi connectivity index (χ3v) is 5.03. The second-order valence-corrected chi connectivity index (χ2v) is 6.80. The minimum Gasteiger partial charge on any atom is -0.248 e. The van der Waals surface area contributed by atoms with E-state index in [1.807, 2.05) is 66.7 Å². The summed E-state index contributed by atoms with van der Waals surface area (Å²) in [5.74, 6) is 0. The summed E-state index contributed by atoms with van der Waals surface area (Å²) in [7, 11) is 0. The molecule has 0 aliphatic rings. The molecule has 4 aromatic carbocycles. The number of hydrogen-bond donors (Lipinski definition) is 0. The predicted octanol–water partition coefficient (Wildman–Crippen LogP) is 7.23. The first-order valence-corrected chi connectivity index (χ1v) is 8.89. The summed E-state index contributed by atoms with van der Waals surface area (Å²) < 4.78 is 40.1. The van der Waals surface area contributed by atoms with Crippen LogP contribution in [-0.2, 0) is 6.18 Å². The number of pyridine rings is 1. The molecule has 0 radical (unpaired) electrons. The zero-order chi connectivity index (χ0) is 19.3. The number of halogens is 3. The van der Waals surface area contributed by atoms with Crippen molar-refractivity contribution >= 4 is 32.6 Å². The highest BCUT2D eigenvalue weighted by Crippen LogP contribution is 2.39. The van der Waals surface area contributed by atoms with Gasteiger partial charge in [-0.05, 0) is 46.7 Å². The molecule has 5 aromatic rings. The molecule has 5 rings (SSSR count). The quantitative estimate of drug-likeness (QED) is 0.283. The molecule has 0 N–H and O–H groups in total. The lowest BCUT2D eigenvalue weighted by Crippen LogP contribution is -2.04.